The first-order valence-corrected chi connectivity index (χ1v) is 6.20. The second kappa shape index (κ2) is 4.45. The Hall–Kier alpha value is -1.03. The number of H-pyrrole nitrogens is 1. The van der Waals surface area contributed by atoms with Gasteiger partial charge in [-0.05, 0) is 26.3 Å². The average molecular weight is 283 g/mol. The Kier molecular flexibility index (Phi) is 3.19. The fourth-order valence-electron chi connectivity index (χ4n) is 1.95. The summed E-state index contributed by atoms with van der Waals surface area (Å²) in [6.07, 6.45) is 4.46. The van der Waals surface area contributed by atoms with Crippen LogP contribution in [0.2, 0.25) is 0 Å². The summed E-state index contributed by atoms with van der Waals surface area (Å²) in [5.74, 6) is 2.97. The molecule has 1 unspecified atom stereocenters. The van der Waals surface area contributed by atoms with Gasteiger partial charge < -0.3 is 9.40 Å². The van der Waals surface area contributed by atoms with Gasteiger partial charge in [-0.15, -0.1) is 0 Å². The zero-order valence-electron chi connectivity index (χ0n) is 9.67. The van der Waals surface area contributed by atoms with Gasteiger partial charge >= 0.3 is 0 Å². The van der Waals surface area contributed by atoms with Gasteiger partial charge in [-0.1, -0.05) is 15.9 Å². The zero-order chi connectivity index (χ0) is 11.7. The number of alkyl halides is 1. The molecule has 0 fully saturated rings. The lowest BCUT2D eigenvalue weighted by molar-refractivity contribution is 0.499. The Bertz CT molecular complexity index is 473. The number of aromatic amines is 1. The van der Waals surface area contributed by atoms with E-state index in [0.29, 0.717) is 0 Å². The van der Waals surface area contributed by atoms with Crippen LogP contribution < -0.4 is 0 Å². The zero-order valence-corrected chi connectivity index (χ0v) is 11.3. The molecule has 1 atom stereocenters. The highest BCUT2D eigenvalue weighted by atomic mass is 79.9. The highest BCUT2D eigenvalue weighted by Gasteiger charge is 2.19. The minimum atomic E-state index is 0.246. The Labute approximate surface area is 103 Å². The minimum Gasteiger partial charge on any atom is -0.466 e. The fourth-order valence-corrected chi connectivity index (χ4v) is 2.92. The van der Waals surface area contributed by atoms with E-state index in [1.165, 1.54) is 11.1 Å². The molecule has 0 spiro atoms. The monoisotopic (exact) mass is 282 g/mol. The van der Waals surface area contributed by atoms with Crippen LogP contribution in [-0.4, -0.2) is 9.97 Å². The third-order valence-electron chi connectivity index (χ3n) is 2.86. The molecule has 86 valence electrons. The molecule has 2 rings (SSSR count). The van der Waals surface area contributed by atoms with Gasteiger partial charge in [0.05, 0.1) is 4.83 Å². The van der Waals surface area contributed by atoms with Gasteiger partial charge in [-0.2, -0.15) is 0 Å². The first-order chi connectivity index (χ1) is 7.59. The van der Waals surface area contributed by atoms with Crippen LogP contribution in [0.15, 0.2) is 16.8 Å². The third kappa shape index (κ3) is 2.07. The standard InChI is InChI=1S/C12H15BrN2O/c1-7-8(2)16-9(3)12(7)10(13)6-11-14-4-5-15-11/h4-5,10H,6H2,1-3H3,(H,14,15). The lowest BCUT2D eigenvalue weighted by Crippen LogP contribution is -1.99. The van der Waals surface area contributed by atoms with Crippen molar-refractivity contribution in [3.05, 3.63) is 40.9 Å². The van der Waals surface area contributed by atoms with Gasteiger partial charge in [0.25, 0.3) is 0 Å². The summed E-state index contributed by atoms with van der Waals surface area (Å²) in [6, 6.07) is 0. The Morgan fingerprint density at radius 2 is 2.12 bits per heavy atom. The SMILES string of the molecule is Cc1oc(C)c(C(Br)Cc2ncc[nH]2)c1C. The smallest absolute Gasteiger partial charge is 0.107 e. The van der Waals surface area contributed by atoms with Crippen LogP contribution in [0.5, 0.6) is 0 Å². The fraction of sp³-hybridized carbons (Fsp3) is 0.417. The summed E-state index contributed by atoms with van der Waals surface area (Å²) >= 11 is 3.70. The van der Waals surface area contributed by atoms with E-state index >= 15 is 0 Å². The largest absolute Gasteiger partial charge is 0.466 e. The maximum atomic E-state index is 5.62. The highest BCUT2D eigenvalue weighted by Crippen LogP contribution is 2.34. The van der Waals surface area contributed by atoms with Crippen molar-refractivity contribution in [2.75, 3.05) is 0 Å². The predicted molar refractivity (Wildman–Crippen MR) is 66.9 cm³/mol. The normalized spacial score (nSPS) is 13.0. The molecule has 0 radical (unpaired) electrons. The van der Waals surface area contributed by atoms with Crippen molar-refractivity contribution >= 4 is 15.9 Å². The quantitative estimate of drug-likeness (QED) is 0.874. The van der Waals surface area contributed by atoms with Crippen molar-refractivity contribution in [3.63, 3.8) is 0 Å². The molecule has 4 heteroatoms. The van der Waals surface area contributed by atoms with Crippen molar-refractivity contribution in [3.8, 4) is 0 Å². The molecule has 3 nitrogen and oxygen atoms in total. The van der Waals surface area contributed by atoms with Crippen LogP contribution >= 0.6 is 15.9 Å². The molecular formula is C12H15BrN2O. The van der Waals surface area contributed by atoms with Crippen LogP contribution in [0.3, 0.4) is 0 Å². The number of aryl methyl sites for hydroxylation is 2. The number of aromatic nitrogens is 2. The van der Waals surface area contributed by atoms with E-state index in [0.717, 1.165) is 23.8 Å². The first-order valence-electron chi connectivity index (χ1n) is 5.28. The average Bonchev–Trinajstić information content (AvgIpc) is 2.77. The van der Waals surface area contributed by atoms with E-state index in [1.54, 1.807) is 6.20 Å². The van der Waals surface area contributed by atoms with Gasteiger partial charge in [0.2, 0.25) is 0 Å². The van der Waals surface area contributed by atoms with Gasteiger partial charge in [-0.3, -0.25) is 0 Å². The van der Waals surface area contributed by atoms with Gasteiger partial charge in [0, 0.05) is 24.4 Å². The number of furan rings is 1. The molecule has 0 saturated heterocycles. The topological polar surface area (TPSA) is 41.8 Å². The Morgan fingerprint density at radius 1 is 1.38 bits per heavy atom. The molecule has 2 aromatic rings. The van der Waals surface area contributed by atoms with E-state index in [-0.39, 0.29) is 4.83 Å². The molecule has 0 bridgehead atoms. The molecule has 2 aromatic heterocycles. The number of imidazole rings is 1. The number of nitrogens with one attached hydrogen (secondary N) is 1. The van der Waals surface area contributed by atoms with E-state index < -0.39 is 0 Å². The summed E-state index contributed by atoms with van der Waals surface area (Å²) < 4.78 is 5.62. The second-order valence-electron chi connectivity index (χ2n) is 3.96. The Balaban J connectivity index is 2.24. The number of nitrogens with zero attached hydrogens (tertiary/aromatic N) is 1. The second-order valence-corrected chi connectivity index (χ2v) is 5.07. The molecule has 0 amide bonds. The number of hydrogen-bond acceptors (Lipinski definition) is 2. The maximum Gasteiger partial charge on any atom is 0.107 e. The highest BCUT2D eigenvalue weighted by molar-refractivity contribution is 9.09. The van der Waals surface area contributed by atoms with Gasteiger partial charge in [0.15, 0.2) is 0 Å². The number of hydrogen-bond donors (Lipinski definition) is 1. The van der Waals surface area contributed by atoms with E-state index in [1.807, 2.05) is 20.0 Å². The molecule has 0 aromatic carbocycles. The summed E-state index contributed by atoms with van der Waals surface area (Å²) in [4.78, 5) is 7.59. The molecule has 1 N–H and O–H groups in total. The van der Waals surface area contributed by atoms with Crippen LogP contribution in [0, 0.1) is 20.8 Å². The van der Waals surface area contributed by atoms with E-state index in [4.69, 9.17) is 4.42 Å². The van der Waals surface area contributed by atoms with E-state index in [9.17, 15) is 0 Å². The molecule has 16 heavy (non-hydrogen) atoms. The molecule has 0 saturated carbocycles. The maximum absolute atomic E-state index is 5.62. The molecular weight excluding hydrogens is 268 g/mol. The number of halogens is 1. The number of rotatable bonds is 3. The van der Waals surface area contributed by atoms with Crippen LogP contribution in [0.25, 0.3) is 0 Å². The van der Waals surface area contributed by atoms with Crippen LogP contribution in [-0.2, 0) is 6.42 Å². The summed E-state index contributed by atoms with van der Waals surface area (Å²) in [5, 5.41) is 0. The van der Waals surface area contributed by atoms with Crippen molar-refractivity contribution in [2.24, 2.45) is 0 Å². The molecule has 2 heterocycles. The van der Waals surface area contributed by atoms with Crippen molar-refractivity contribution in [2.45, 2.75) is 32.0 Å². The van der Waals surface area contributed by atoms with E-state index in [2.05, 4.69) is 32.8 Å². The summed E-state index contributed by atoms with van der Waals surface area (Å²) in [6.45, 7) is 6.10. The summed E-state index contributed by atoms with van der Waals surface area (Å²) in [5.41, 5.74) is 2.47. The molecule has 0 aliphatic heterocycles. The Morgan fingerprint density at radius 3 is 2.62 bits per heavy atom. The van der Waals surface area contributed by atoms with Gasteiger partial charge in [0.1, 0.15) is 17.3 Å². The molecule has 0 aliphatic rings. The first kappa shape index (κ1) is 11.5. The van der Waals surface area contributed by atoms with Crippen LogP contribution in [0.1, 0.15) is 33.3 Å². The lowest BCUT2D eigenvalue weighted by Gasteiger charge is -2.08. The minimum absolute atomic E-state index is 0.246. The third-order valence-corrected chi connectivity index (χ3v) is 3.64. The predicted octanol–water partition coefficient (Wildman–Crippen LogP) is 3.61. The van der Waals surface area contributed by atoms with Crippen LogP contribution in [0.4, 0.5) is 0 Å². The summed E-state index contributed by atoms with van der Waals surface area (Å²) in [7, 11) is 0. The van der Waals surface area contributed by atoms with Crippen molar-refractivity contribution in [1.82, 2.24) is 9.97 Å². The lowest BCUT2D eigenvalue weighted by atomic mass is 10.0. The van der Waals surface area contributed by atoms with Crippen molar-refractivity contribution in [1.29, 1.82) is 0 Å². The van der Waals surface area contributed by atoms with Gasteiger partial charge in [-0.25, -0.2) is 4.98 Å². The molecule has 0 aliphatic carbocycles. The van der Waals surface area contributed by atoms with Crippen molar-refractivity contribution < 1.29 is 4.42 Å².